The van der Waals surface area contributed by atoms with E-state index in [2.05, 4.69) is 0 Å². The van der Waals surface area contributed by atoms with Crippen molar-refractivity contribution < 1.29 is 23.8 Å². The number of carboxylic acid groups (broad SMARTS) is 1. The van der Waals surface area contributed by atoms with Gasteiger partial charge in [0.15, 0.2) is 0 Å². The summed E-state index contributed by atoms with van der Waals surface area (Å²) in [7, 11) is 0. The molecule has 0 aliphatic heterocycles. The van der Waals surface area contributed by atoms with Crippen molar-refractivity contribution in [2.24, 2.45) is 5.73 Å². The lowest BCUT2D eigenvalue weighted by Crippen LogP contribution is -2.17. The van der Waals surface area contributed by atoms with Crippen LogP contribution in [0.4, 0.5) is 4.39 Å². The first-order valence-corrected chi connectivity index (χ1v) is 5.73. The predicted molar refractivity (Wildman–Crippen MR) is 67.9 cm³/mol. The number of ether oxygens (including phenoxy) is 1. The molecule has 0 aromatic heterocycles. The van der Waals surface area contributed by atoms with Crippen LogP contribution in [0.2, 0.25) is 0 Å². The third kappa shape index (κ3) is 8.73. The zero-order chi connectivity index (χ0) is 14.8. The van der Waals surface area contributed by atoms with Crippen LogP contribution in [0.15, 0.2) is 24.3 Å². The minimum Gasteiger partial charge on any atom is -0.481 e. The largest absolute Gasteiger partial charge is 0.481 e. The molecule has 0 heterocycles. The molecule has 0 bridgehead atoms. The summed E-state index contributed by atoms with van der Waals surface area (Å²) in [6.07, 6.45) is 0.111. The molecule has 0 fully saturated rings. The van der Waals surface area contributed by atoms with Gasteiger partial charge in [-0.2, -0.15) is 0 Å². The van der Waals surface area contributed by atoms with E-state index in [1.165, 1.54) is 12.1 Å². The lowest BCUT2D eigenvalue weighted by molar-refractivity contribution is -0.143. The molecule has 0 saturated heterocycles. The van der Waals surface area contributed by atoms with E-state index >= 15 is 0 Å². The number of hydrogen-bond acceptors (Lipinski definition) is 4. The molecule has 0 spiro atoms. The molecule has 1 atom stereocenters. The number of halogens is 1. The molecule has 1 aromatic carbocycles. The van der Waals surface area contributed by atoms with Crippen molar-refractivity contribution in [1.29, 1.82) is 0 Å². The molecule has 19 heavy (non-hydrogen) atoms. The van der Waals surface area contributed by atoms with Crippen molar-refractivity contribution in [3.63, 3.8) is 0 Å². The summed E-state index contributed by atoms with van der Waals surface area (Å²) in [5.74, 6) is -1.49. The molecule has 106 valence electrons. The van der Waals surface area contributed by atoms with Gasteiger partial charge in [0.05, 0.1) is 13.0 Å². The Labute approximate surface area is 111 Å². The van der Waals surface area contributed by atoms with E-state index in [0.29, 0.717) is 6.61 Å². The van der Waals surface area contributed by atoms with Gasteiger partial charge >= 0.3 is 5.97 Å². The number of benzene rings is 1. The van der Waals surface area contributed by atoms with E-state index in [-0.39, 0.29) is 18.2 Å². The highest BCUT2D eigenvalue weighted by atomic mass is 19.1. The Kier molecular flexibility index (Phi) is 8.12. The Hall–Kier alpha value is -1.95. The average molecular weight is 271 g/mol. The highest BCUT2D eigenvalue weighted by molar-refractivity contribution is 5.70. The lowest BCUT2D eigenvalue weighted by atomic mass is 10.1. The lowest BCUT2D eigenvalue weighted by Gasteiger charge is -2.10. The van der Waals surface area contributed by atoms with Crippen molar-refractivity contribution in [3.05, 3.63) is 35.6 Å². The third-order valence-electron chi connectivity index (χ3n) is 1.99. The van der Waals surface area contributed by atoms with Crippen LogP contribution in [0.25, 0.3) is 0 Å². The number of carbonyl (C=O) groups is 2. The number of nitrogens with two attached hydrogens (primary N) is 1. The Bertz CT molecular complexity index is 402. The highest BCUT2D eigenvalue weighted by Crippen LogP contribution is 2.14. The Morgan fingerprint density at radius 1 is 1.37 bits per heavy atom. The van der Waals surface area contributed by atoms with Crippen molar-refractivity contribution in [2.45, 2.75) is 26.3 Å². The van der Waals surface area contributed by atoms with Crippen molar-refractivity contribution >= 4 is 11.9 Å². The van der Waals surface area contributed by atoms with E-state index in [4.69, 9.17) is 20.4 Å². The predicted octanol–water partition coefficient (Wildman–Crippen LogP) is 1.87. The van der Waals surface area contributed by atoms with Gasteiger partial charge in [0, 0.05) is 13.0 Å². The third-order valence-corrected chi connectivity index (χ3v) is 1.99. The van der Waals surface area contributed by atoms with Crippen LogP contribution < -0.4 is 5.73 Å². The van der Waals surface area contributed by atoms with Gasteiger partial charge in [-0.3, -0.25) is 9.59 Å². The summed E-state index contributed by atoms with van der Waals surface area (Å²) in [6, 6.07) is 5.34. The minimum atomic E-state index is -0.833. The number of carbonyl (C=O) groups excluding carboxylic acids is 1. The fraction of sp³-hybridized carbons (Fsp3) is 0.385. The summed E-state index contributed by atoms with van der Waals surface area (Å²) >= 11 is 0. The normalized spacial score (nSPS) is 10.9. The second kappa shape index (κ2) is 9.04. The first kappa shape index (κ1) is 17.1. The molecule has 0 amide bonds. The van der Waals surface area contributed by atoms with E-state index in [1.54, 1.807) is 19.1 Å². The highest BCUT2D eigenvalue weighted by Gasteiger charge is 2.12. The smallest absolute Gasteiger partial charge is 0.307 e. The van der Waals surface area contributed by atoms with Gasteiger partial charge in [0.25, 0.3) is 5.97 Å². The van der Waals surface area contributed by atoms with Crippen LogP contribution in [0.1, 0.15) is 31.9 Å². The number of carboxylic acids is 1. The number of hydrogen-bond donors (Lipinski definition) is 2. The average Bonchev–Trinajstić information content (AvgIpc) is 2.29. The van der Waals surface area contributed by atoms with E-state index in [9.17, 15) is 9.18 Å². The van der Waals surface area contributed by atoms with Crippen molar-refractivity contribution in [1.82, 2.24) is 0 Å². The van der Waals surface area contributed by atoms with Gasteiger partial charge in [0.2, 0.25) is 0 Å². The summed E-state index contributed by atoms with van der Waals surface area (Å²) in [5.41, 5.74) is 6.48. The van der Waals surface area contributed by atoms with Crippen LogP contribution in [-0.2, 0) is 14.3 Å². The van der Waals surface area contributed by atoms with Crippen molar-refractivity contribution in [3.8, 4) is 0 Å². The maximum atomic E-state index is 12.6. The molecule has 3 N–H and O–H groups in total. The molecular formula is C13H18FNO4. The number of aliphatic carboxylic acids is 1. The van der Waals surface area contributed by atoms with Crippen LogP contribution in [-0.4, -0.2) is 23.7 Å². The van der Waals surface area contributed by atoms with E-state index in [1.807, 2.05) is 0 Å². The standard InChI is InChI=1S/C11H14FNO2.C2H4O2/c1-2-15-11(14)7-10(13)8-3-5-9(12)6-4-8;1-2(3)4/h3-6,10H,2,7,13H2,1H3;1H3,(H,3,4). The zero-order valence-corrected chi connectivity index (χ0v) is 10.9. The first-order valence-electron chi connectivity index (χ1n) is 5.73. The monoisotopic (exact) mass is 271 g/mol. The summed E-state index contributed by atoms with van der Waals surface area (Å²) in [4.78, 5) is 20.1. The fourth-order valence-corrected chi connectivity index (χ4v) is 1.23. The van der Waals surface area contributed by atoms with E-state index in [0.717, 1.165) is 12.5 Å². The van der Waals surface area contributed by atoms with Crippen LogP contribution in [0.5, 0.6) is 0 Å². The van der Waals surface area contributed by atoms with Crippen LogP contribution in [0.3, 0.4) is 0 Å². The second-order valence-electron chi connectivity index (χ2n) is 3.69. The number of rotatable bonds is 4. The fourth-order valence-electron chi connectivity index (χ4n) is 1.23. The summed E-state index contributed by atoms with van der Waals surface area (Å²) in [5, 5.41) is 7.42. The Balaban J connectivity index is 0.000000711. The molecule has 0 aliphatic rings. The molecule has 1 rings (SSSR count). The van der Waals surface area contributed by atoms with Gasteiger partial charge in [0.1, 0.15) is 5.82 Å². The van der Waals surface area contributed by atoms with E-state index < -0.39 is 12.0 Å². The maximum Gasteiger partial charge on any atom is 0.307 e. The summed E-state index contributed by atoms with van der Waals surface area (Å²) < 4.78 is 17.4. The minimum absolute atomic E-state index is 0.111. The zero-order valence-electron chi connectivity index (χ0n) is 10.9. The van der Waals surface area contributed by atoms with Crippen LogP contribution >= 0.6 is 0 Å². The van der Waals surface area contributed by atoms with Gasteiger partial charge in [-0.1, -0.05) is 12.1 Å². The summed E-state index contributed by atoms with van der Waals surface area (Å²) in [6.45, 7) is 3.16. The Morgan fingerprint density at radius 2 is 1.84 bits per heavy atom. The molecular weight excluding hydrogens is 253 g/mol. The SMILES string of the molecule is CC(=O)O.CCOC(=O)CC(N)c1ccc(F)cc1. The topological polar surface area (TPSA) is 89.6 Å². The second-order valence-corrected chi connectivity index (χ2v) is 3.69. The molecule has 0 radical (unpaired) electrons. The van der Waals surface area contributed by atoms with Crippen LogP contribution in [0, 0.1) is 5.82 Å². The van der Waals surface area contributed by atoms with Gasteiger partial charge in [-0.15, -0.1) is 0 Å². The first-order chi connectivity index (χ1) is 8.86. The maximum absolute atomic E-state index is 12.6. The molecule has 0 aliphatic carbocycles. The quantitative estimate of drug-likeness (QED) is 0.816. The van der Waals surface area contributed by atoms with Crippen molar-refractivity contribution in [2.75, 3.05) is 6.61 Å². The number of esters is 1. The molecule has 0 saturated carbocycles. The molecule has 1 aromatic rings. The molecule has 1 unspecified atom stereocenters. The molecule has 6 heteroatoms. The van der Waals surface area contributed by atoms with Gasteiger partial charge < -0.3 is 15.6 Å². The Morgan fingerprint density at radius 3 is 2.26 bits per heavy atom. The molecule has 5 nitrogen and oxygen atoms in total. The van der Waals surface area contributed by atoms with Gasteiger partial charge in [-0.25, -0.2) is 4.39 Å². The van der Waals surface area contributed by atoms with Gasteiger partial charge in [-0.05, 0) is 24.6 Å².